The minimum atomic E-state index is 0.591. The highest BCUT2D eigenvalue weighted by Gasteiger charge is 2.03. The Morgan fingerprint density at radius 2 is 1.83 bits per heavy atom. The van der Waals surface area contributed by atoms with Gasteiger partial charge in [-0.05, 0) is 33.3 Å². The van der Waals surface area contributed by atoms with Crippen LogP contribution in [-0.2, 0) is 0 Å². The fraction of sp³-hybridized carbons (Fsp3) is 0.500. The Morgan fingerprint density at radius 3 is 2.50 bits per heavy atom. The Hall–Kier alpha value is -1.57. The van der Waals surface area contributed by atoms with Crippen molar-refractivity contribution < 1.29 is 4.74 Å². The lowest BCUT2D eigenvalue weighted by atomic mass is 10.2. The summed E-state index contributed by atoms with van der Waals surface area (Å²) in [6.45, 7) is 3.50. The molecule has 0 aliphatic heterocycles. The van der Waals surface area contributed by atoms with Crippen molar-refractivity contribution in [3.8, 4) is 11.8 Å². The van der Waals surface area contributed by atoms with E-state index >= 15 is 0 Å². The molecule has 4 heteroatoms. The highest BCUT2D eigenvalue weighted by molar-refractivity contribution is 5.42. The highest BCUT2D eigenvalue weighted by atomic mass is 16.5. The third kappa shape index (κ3) is 5.17. The van der Waals surface area contributed by atoms with Gasteiger partial charge in [-0.3, -0.25) is 0 Å². The molecule has 0 saturated heterocycles. The molecule has 0 aliphatic rings. The van der Waals surface area contributed by atoms with Crippen LogP contribution in [0.3, 0.4) is 0 Å². The van der Waals surface area contributed by atoms with Crippen molar-refractivity contribution in [2.75, 3.05) is 47.4 Å². The summed E-state index contributed by atoms with van der Waals surface area (Å²) in [4.78, 5) is 4.37. The minimum absolute atomic E-state index is 0.591. The first-order valence-electron chi connectivity index (χ1n) is 6.08. The van der Waals surface area contributed by atoms with Gasteiger partial charge in [0.15, 0.2) is 0 Å². The maximum absolute atomic E-state index is 8.93. The quantitative estimate of drug-likeness (QED) is 0.731. The fourth-order valence-corrected chi connectivity index (χ4v) is 1.48. The molecule has 0 aliphatic carbocycles. The molecule has 18 heavy (non-hydrogen) atoms. The Bertz CT molecular complexity index is 398. The number of hydrogen-bond donors (Lipinski definition) is 0. The van der Waals surface area contributed by atoms with Gasteiger partial charge in [-0.25, -0.2) is 0 Å². The summed E-state index contributed by atoms with van der Waals surface area (Å²) >= 11 is 0. The predicted octanol–water partition coefficient (Wildman–Crippen LogP) is 1.43. The molecule has 0 atom stereocenters. The molecule has 0 heterocycles. The molecule has 0 spiro atoms. The molecule has 0 fully saturated rings. The monoisotopic (exact) mass is 247 g/mol. The zero-order chi connectivity index (χ0) is 13.4. The second-order valence-corrected chi connectivity index (χ2v) is 4.56. The van der Waals surface area contributed by atoms with Gasteiger partial charge in [-0.1, -0.05) is 12.1 Å². The topological polar surface area (TPSA) is 39.5 Å². The molecule has 1 rings (SSSR count). The van der Waals surface area contributed by atoms with Crippen molar-refractivity contribution in [1.82, 2.24) is 9.80 Å². The van der Waals surface area contributed by atoms with Crippen LogP contribution in [0, 0.1) is 11.3 Å². The molecule has 0 bridgehead atoms. The molecule has 0 aromatic heterocycles. The first kappa shape index (κ1) is 14.5. The van der Waals surface area contributed by atoms with Crippen LogP contribution in [0.2, 0.25) is 0 Å². The average Bonchev–Trinajstić information content (AvgIpc) is 2.37. The van der Waals surface area contributed by atoms with E-state index in [-0.39, 0.29) is 0 Å². The molecular formula is C14H21N3O. The van der Waals surface area contributed by atoms with Crippen molar-refractivity contribution in [2.24, 2.45) is 0 Å². The minimum Gasteiger partial charge on any atom is -0.491 e. The number of hydrogen-bond acceptors (Lipinski definition) is 4. The lowest BCUT2D eigenvalue weighted by Crippen LogP contribution is -2.31. The first-order chi connectivity index (χ1) is 8.63. The predicted molar refractivity (Wildman–Crippen MR) is 72.7 cm³/mol. The van der Waals surface area contributed by atoms with Crippen molar-refractivity contribution in [3.05, 3.63) is 29.8 Å². The molecular weight excluding hydrogens is 226 g/mol. The lowest BCUT2D eigenvalue weighted by Gasteiger charge is -2.19. The van der Waals surface area contributed by atoms with Crippen LogP contribution in [0.25, 0.3) is 0 Å². The summed E-state index contributed by atoms with van der Waals surface area (Å²) in [7, 11) is 6.20. The van der Waals surface area contributed by atoms with E-state index in [1.54, 1.807) is 6.07 Å². The zero-order valence-electron chi connectivity index (χ0n) is 11.4. The summed E-state index contributed by atoms with van der Waals surface area (Å²) < 4.78 is 5.63. The van der Waals surface area contributed by atoms with Gasteiger partial charge in [0.1, 0.15) is 18.4 Å². The van der Waals surface area contributed by atoms with E-state index in [2.05, 4.69) is 37.0 Å². The summed E-state index contributed by atoms with van der Waals surface area (Å²) in [5.41, 5.74) is 0.591. The number of rotatable bonds is 7. The summed E-state index contributed by atoms with van der Waals surface area (Å²) in [6, 6.07) is 9.45. The molecule has 98 valence electrons. The third-order valence-corrected chi connectivity index (χ3v) is 2.67. The van der Waals surface area contributed by atoms with Gasteiger partial charge in [0.2, 0.25) is 0 Å². The smallest absolute Gasteiger partial charge is 0.137 e. The summed E-state index contributed by atoms with van der Waals surface area (Å²) in [5.74, 6) is 0.668. The maximum Gasteiger partial charge on any atom is 0.137 e. The van der Waals surface area contributed by atoms with Crippen LogP contribution in [0.5, 0.6) is 5.75 Å². The second-order valence-electron chi connectivity index (χ2n) is 4.56. The van der Waals surface area contributed by atoms with Crippen LogP contribution in [-0.4, -0.2) is 57.2 Å². The van der Waals surface area contributed by atoms with Gasteiger partial charge in [0, 0.05) is 19.6 Å². The lowest BCUT2D eigenvalue weighted by molar-refractivity contribution is 0.222. The Labute approximate surface area is 109 Å². The van der Waals surface area contributed by atoms with Gasteiger partial charge in [0.25, 0.3) is 0 Å². The van der Waals surface area contributed by atoms with E-state index in [1.807, 2.05) is 18.2 Å². The van der Waals surface area contributed by atoms with E-state index in [1.165, 1.54) is 0 Å². The molecule has 1 aromatic rings. The number of nitriles is 1. The molecule has 0 amide bonds. The van der Waals surface area contributed by atoms with Gasteiger partial charge in [0.05, 0.1) is 5.56 Å². The molecule has 1 aromatic carbocycles. The Balaban J connectivity index is 2.31. The van der Waals surface area contributed by atoms with Crippen molar-refractivity contribution >= 4 is 0 Å². The van der Waals surface area contributed by atoms with Gasteiger partial charge < -0.3 is 14.5 Å². The summed E-state index contributed by atoms with van der Waals surface area (Å²) in [6.07, 6.45) is 0. The average molecular weight is 247 g/mol. The van der Waals surface area contributed by atoms with Crippen LogP contribution < -0.4 is 4.74 Å². The number of nitrogens with zero attached hydrogens (tertiary/aromatic N) is 3. The summed E-state index contributed by atoms with van der Waals surface area (Å²) in [5, 5.41) is 8.93. The number of para-hydroxylation sites is 1. The van der Waals surface area contributed by atoms with E-state index in [9.17, 15) is 0 Å². The van der Waals surface area contributed by atoms with Gasteiger partial charge in [-0.15, -0.1) is 0 Å². The molecule has 0 unspecified atom stereocenters. The zero-order valence-corrected chi connectivity index (χ0v) is 11.4. The highest BCUT2D eigenvalue weighted by Crippen LogP contribution is 2.16. The van der Waals surface area contributed by atoms with Gasteiger partial charge >= 0.3 is 0 Å². The van der Waals surface area contributed by atoms with E-state index < -0.39 is 0 Å². The molecule has 0 saturated carbocycles. The van der Waals surface area contributed by atoms with E-state index in [4.69, 9.17) is 10.00 Å². The molecule has 0 radical (unpaired) electrons. The molecule has 4 nitrogen and oxygen atoms in total. The standard InChI is InChI=1S/C14H21N3O/c1-16(2)8-9-17(3)10-11-18-14-7-5-4-6-13(14)12-15/h4-7H,8-11H2,1-3H3. The van der Waals surface area contributed by atoms with Crippen LogP contribution >= 0.6 is 0 Å². The van der Waals surface area contributed by atoms with Crippen molar-refractivity contribution in [2.45, 2.75) is 0 Å². The fourth-order valence-electron chi connectivity index (χ4n) is 1.48. The van der Waals surface area contributed by atoms with E-state index in [0.29, 0.717) is 17.9 Å². The van der Waals surface area contributed by atoms with Crippen molar-refractivity contribution in [3.63, 3.8) is 0 Å². The number of likely N-dealkylation sites (N-methyl/N-ethyl adjacent to an activating group) is 2. The second kappa shape index (κ2) is 7.70. The largest absolute Gasteiger partial charge is 0.491 e. The normalized spacial score (nSPS) is 10.7. The van der Waals surface area contributed by atoms with Crippen LogP contribution in [0.1, 0.15) is 5.56 Å². The third-order valence-electron chi connectivity index (χ3n) is 2.67. The number of benzene rings is 1. The van der Waals surface area contributed by atoms with E-state index in [0.717, 1.165) is 19.6 Å². The maximum atomic E-state index is 8.93. The van der Waals surface area contributed by atoms with Crippen molar-refractivity contribution in [1.29, 1.82) is 5.26 Å². The molecule has 0 N–H and O–H groups in total. The Morgan fingerprint density at radius 1 is 1.11 bits per heavy atom. The van der Waals surface area contributed by atoms with Crippen LogP contribution in [0.4, 0.5) is 0 Å². The SMILES string of the molecule is CN(C)CCN(C)CCOc1ccccc1C#N. The Kier molecular flexibility index (Phi) is 6.20. The first-order valence-corrected chi connectivity index (χ1v) is 6.08. The van der Waals surface area contributed by atoms with Crippen LogP contribution in [0.15, 0.2) is 24.3 Å². The van der Waals surface area contributed by atoms with Gasteiger partial charge in [-0.2, -0.15) is 5.26 Å². The number of ether oxygens (including phenoxy) is 1.